The monoisotopic (exact) mass is 374 g/mol. The Balaban J connectivity index is 2.30. The Hall–Kier alpha value is -3.33. The second-order valence-corrected chi connectivity index (χ2v) is 7.40. The lowest BCUT2D eigenvalue weighted by atomic mass is 10.2. The quantitative estimate of drug-likeness (QED) is 0.655. The SMILES string of the molecule is CS(=O)(=O)c1cc2oc(N)c(NC=O)c(=O)c2cc1Oc1ccccc1. The van der Waals surface area contributed by atoms with Gasteiger partial charge in [-0.15, -0.1) is 0 Å². The van der Waals surface area contributed by atoms with Gasteiger partial charge in [0.2, 0.25) is 17.7 Å². The largest absolute Gasteiger partial charge is 0.456 e. The third-order valence-corrected chi connectivity index (χ3v) is 4.68. The number of anilines is 2. The van der Waals surface area contributed by atoms with Crippen molar-refractivity contribution in [1.29, 1.82) is 0 Å². The number of ether oxygens (including phenoxy) is 1. The Morgan fingerprint density at radius 1 is 1.19 bits per heavy atom. The molecule has 1 amide bonds. The number of sulfone groups is 1. The second kappa shape index (κ2) is 6.52. The molecular weight excluding hydrogens is 360 g/mol. The summed E-state index contributed by atoms with van der Waals surface area (Å²) in [4.78, 5) is 23.0. The molecule has 3 N–H and O–H groups in total. The second-order valence-electron chi connectivity index (χ2n) is 5.42. The number of para-hydroxylation sites is 1. The number of fused-ring (bicyclic) bond motifs is 1. The molecule has 0 bridgehead atoms. The fourth-order valence-electron chi connectivity index (χ4n) is 2.40. The molecule has 3 aromatic rings. The first-order chi connectivity index (χ1) is 12.3. The van der Waals surface area contributed by atoms with E-state index in [0.29, 0.717) is 12.2 Å². The molecule has 9 heteroatoms. The van der Waals surface area contributed by atoms with Gasteiger partial charge in [-0.05, 0) is 18.2 Å². The van der Waals surface area contributed by atoms with E-state index < -0.39 is 15.3 Å². The highest BCUT2D eigenvalue weighted by molar-refractivity contribution is 7.90. The summed E-state index contributed by atoms with van der Waals surface area (Å²) in [6, 6.07) is 10.9. The van der Waals surface area contributed by atoms with E-state index in [1.165, 1.54) is 12.1 Å². The molecule has 2 aromatic carbocycles. The molecule has 0 aliphatic carbocycles. The summed E-state index contributed by atoms with van der Waals surface area (Å²) in [5.74, 6) is 0.0222. The summed E-state index contributed by atoms with van der Waals surface area (Å²) >= 11 is 0. The van der Waals surface area contributed by atoms with Crippen molar-refractivity contribution in [3.05, 3.63) is 52.7 Å². The first-order valence-electron chi connectivity index (χ1n) is 7.34. The first-order valence-corrected chi connectivity index (χ1v) is 9.24. The average molecular weight is 374 g/mol. The van der Waals surface area contributed by atoms with Gasteiger partial charge in [0.05, 0.1) is 5.39 Å². The van der Waals surface area contributed by atoms with Crippen LogP contribution in [0.3, 0.4) is 0 Å². The third-order valence-electron chi connectivity index (χ3n) is 3.56. The molecule has 0 fully saturated rings. The standard InChI is InChI=1S/C17H14N2O6S/c1-26(22,23)14-8-12-11(16(21)15(19-9-20)17(18)25-12)7-13(14)24-10-5-3-2-4-6-10/h2-9H,18H2,1H3,(H,19,20). The summed E-state index contributed by atoms with van der Waals surface area (Å²) in [5, 5.41) is 2.20. The molecular formula is C17H14N2O6S. The smallest absolute Gasteiger partial charge is 0.218 e. The number of amides is 1. The highest BCUT2D eigenvalue weighted by Gasteiger charge is 2.21. The van der Waals surface area contributed by atoms with Gasteiger partial charge in [-0.3, -0.25) is 9.59 Å². The van der Waals surface area contributed by atoms with Gasteiger partial charge in [0.25, 0.3) is 0 Å². The summed E-state index contributed by atoms with van der Waals surface area (Å²) in [7, 11) is -3.69. The van der Waals surface area contributed by atoms with Crippen LogP contribution in [0.1, 0.15) is 0 Å². The number of nitrogens with one attached hydrogen (secondary N) is 1. The molecule has 0 aliphatic heterocycles. The van der Waals surface area contributed by atoms with E-state index in [0.717, 1.165) is 6.26 Å². The summed E-state index contributed by atoms with van der Waals surface area (Å²) in [6.45, 7) is 0. The minimum Gasteiger partial charge on any atom is -0.456 e. The van der Waals surface area contributed by atoms with Gasteiger partial charge < -0.3 is 20.2 Å². The zero-order valence-electron chi connectivity index (χ0n) is 13.6. The number of nitrogens with two attached hydrogens (primary N) is 1. The van der Waals surface area contributed by atoms with E-state index in [1.807, 2.05) is 0 Å². The third kappa shape index (κ3) is 3.24. The molecule has 3 rings (SSSR count). The van der Waals surface area contributed by atoms with Crippen LogP contribution in [0.5, 0.6) is 11.5 Å². The van der Waals surface area contributed by atoms with Gasteiger partial charge in [-0.2, -0.15) is 0 Å². The molecule has 0 saturated carbocycles. The van der Waals surface area contributed by atoms with E-state index in [9.17, 15) is 18.0 Å². The Morgan fingerprint density at radius 3 is 2.50 bits per heavy atom. The van der Waals surface area contributed by atoms with Crippen molar-refractivity contribution in [2.75, 3.05) is 17.3 Å². The lowest BCUT2D eigenvalue weighted by molar-refractivity contribution is -0.105. The number of nitrogen functional groups attached to an aromatic ring is 1. The van der Waals surface area contributed by atoms with Gasteiger partial charge in [0, 0.05) is 12.3 Å². The Labute approximate surface area is 148 Å². The zero-order valence-corrected chi connectivity index (χ0v) is 14.4. The molecule has 134 valence electrons. The number of hydrogen-bond donors (Lipinski definition) is 2. The molecule has 0 radical (unpaired) electrons. The normalized spacial score (nSPS) is 11.3. The molecule has 0 saturated heterocycles. The zero-order chi connectivity index (χ0) is 18.9. The molecule has 0 atom stereocenters. The van der Waals surface area contributed by atoms with Gasteiger partial charge >= 0.3 is 0 Å². The molecule has 0 unspecified atom stereocenters. The van der Waals surface area contributed by atoms with Crippen LogP contribution >= 0.6 is 0 Å². The van der Waals surface area contributed by atoms with E-state index in [-0.39, 0.29) is 33.2 Å². The van der Waals surface area contributed by atoms with E-state index in [1.54, 1.807) is 30.3 Å². The van der Waals surface area contributed by atoms with Crippen LogP contribution in [0.4, 0.5) is 11.6 Å². The number of rotatable bonds is 5. The number of carbonyl (C=O) groups excluding carboxylic acids is 1. The van der Waals surface area contributed by atoms with E-state index in [2.05, 4.69) is 5.32 Å². The van der Waals surface area contributed by atoms with Gasteiger partial charge in [0.1, 0.15) is 22.0 Å². The van der Waals surface area contributed by atoms with Crippen LogP contribution < -0.4 is 21.2 Å². The van der Waals surface area contributed by atoms with Crippen molar-refractivity contribution in [1.82, 2.24) is 0 Å². The lowest BCUT2D eigenvalue weighted by Crippen LogP contribution is -2.13. The maximum absolute atomic E-state index is 12.5. The lowest BCUT2D eigenvalue weighted by Gasteiger charge is -2.12. The van der Waals surface area contributed by atoms with Crippen molar-refractivity contribution >= 4 is 38.8 Å². The van der Waals surface area contributed by atoms with Crippen molar-refractivity contribution < 1.29 is 22.4 Å². The maximum Gasteiger partial charge on any atom is 0.218 e. The number of carbonyl (C=O) groups is 1. The van der Waals surface area contributed by atoms with E-state index >= 15 is 0 Å². The summed E-state index contributed by atoms with van der Waals surface area (Å²) in [6.07, 6.45) is 1.30. The van der Waals surface area contributed by atoms with Gasteiger partial charge in [-0.1, -0.05) is 18.2 Å². The average Bonchev–Trinajstić information content (AvgIpc) is 2.59. The van der Waals surface area contributed by atoms with Crippen molar-refractivity contribution in [3.63, 3.8) is 0 Å². The molecule has 8 nitrogen and oxygen atoms in total. The van der Waals surface area contributed by atoms with Crippen LogP contribution in [-0.4, -0.2) is 21.1 Å². The fourth-order valence-corrected chi connectivity index (χ4v) is 3.19. The van der Waals surface area contributed by atoms with Crippen LogP contribution in [0.25, 0.3) is 11.0 Å². The minimum absolute atomic E-state index is 0.0156. The molecule has 0 spiro atoms. The molecule has 1 aromatic heterocycles. The van der Waals surface area contributed by atoms with Crippen LogP contribution in [-0.2, 0) is 14.6 Å². The Morgan fingerprint density at radius 2 is 1.88 bits per heavy atom. The number of benzene rings is 2. The van der Waals surface area contributed by atoms with Gasteiger partial charge in [-0.25, -0.2) is 8.42 Å². The highest BCUT2D eigenvalue weighted by atomic mass is 32.2. The molecule has 26 heavy (non-hydrogen) atoms. The fraction of sp³-hybridized carbons (Fsp3) is 0.0588. The van der Waals surface area contributed by atoms with Crippen LogP contribution in [0, 0.1) is 0 Å². The molecule has 1 heterocycles. The Bertz CT molecular complexity index is 1150. The topological polar surface area (TPSA) is 129 Å². The number of hydrogen-bond acceptors (Lipinski definition) is 7. The first kappa shape index (κ1) is 17.5. The highest BCUT2D eigenvalue weighted by Crippen LogP contribution is 2.33. The maximum atomic E-state index is 12.5. The van der Waals surface area contributed by atoms with E-state index in [4.69, 9.17) is 14.9 Å². The minimum atomic E-state index is -3.69. The summed E-state index contributed by atoms with van der Waals surface area (Å²) in [5.41, 5.74) is 4.74. The van der Waals surface area contributed by atoms with Crippen LogP contribution in [0.15, 0.2) is 56.6 Å². The van der Waals surface area contributed by atoms with Crippen LogP contribution in [0.2, 0.25) is 0 Å². The predicted molar refractivity (Wildman–Crippen MR) is 96.2 cm³/mol. The molecule has 0 aliphatic rings. The van der Waals surface area contributed by atoms with Crippen molar-refractivity contribution in [2.45, 2.75) is 4.90 Å². The summed E-state index contributed by atoms with van der Waals surface area (Å²) < 4.78 is 35.2. The van der Waals surface area contributed by atoms with Crippen molar-refractivity contribution in [3.8, 4) is 11.5 Å². The predicted octanol–water partition coefficient (Wildman–Crippen LogP) is 2.14. The van der Waals surface area contributed by atoms with Gasteiger partial charge in [0.15, 0.2) is 15.5 Å². The van der Waals surface area contributed by atoms with Crippen molar-refractivity contribution in [2.24, 2.45) is 0 Å². The Kier molecular flexibility index (Phi) is 4.39.